The summed E-state index contributed by atoms with van der Waals surface area (Å²) in [6, 6.07) is 0. The topological polar surface area (TPSA) is 0 Å². The quantitative estimate of drug-likeness (QED) is 0.578. The van der Waals surface area contributed by atoms with Gasteiger partial charge >= 0.3 is 0 Å². The standard InChI is InChI=1S/C7H5Cl6/c8-4-3-1-5(9,7(4,12)13)6(10,11)2-3/h3H,1-2H2. The maximum Gasteiger partial charge on any atom is 0.161 e. The van der Waals surface area contributed by atoms with Crippen molar-refractivity contribution in [1.82, 2.24) is 0 Å². The molecule has 0 saturated heterocycles. The summed E-state index contributed by atoms with van der Waals surface area (Å²) < 4.78 is -2.43. The van der Waals surface area contributed by atoms with E-state index in [0.717, 1.165) is 0 Å². The van der Waals surface area contributed by atoms with Gasteiger partial charge in [-0.3, -0.25) is 0 Å². The fourth-order valence-corrected chi connectivity index (χ4v) is 4.53. The largest absolute Gasteiger partial charge is 0.161 e. The van der Waals surface area contributed by atoms with Crippen LogP contribution in [0.3, 0.4) is 0 Å². The van der Waals surface area contributed by atoms with Gasteiger partial charge in [0.05, 0.1) is 0 Å². The number of alkyl halides is 5. The van der Waals surface area contributed by atoms with Crippen molar-refractivity contribution in [3.63, 3.8) is 0 Å². The lowest BCUT2D eigenvalue weighted by Gasteiger charge is -2.42. The fraction of sp³-hybridized carbons (Fsp3) is 0.857. The number of halogens is 6. The second-order valence-electron chi connectivity index (χ2n) is 3.53. The average Bonchev–Trinajstić information content (AvgIpc) is 2.29. The van der Waals surface area contributed by atoms with Gasteiger partial charge in [-0.15, -0.1) is 23.2 Å². The average molecular weight is 302 g/mol. The third-order valence-electron chi connectivity index (χ3n) is 2.77. The molecule has 2 unspecified atom stereocenters. The van der Waals surface area contributed by atoms with Crippen molar-refractivity contribution < 1.29 is 0 Å². The maximum absolute atomic E-state index is 6.24. The molecule has 0 amide bonds. The van der Waals surface area contributed by atoms with Gasteiger partial charge in [-0.05, 0) is 18.8 Å². The molecule has 2 rings (SSSR count). The lowest BCUT2D eigenvalue weighted by Crippen LogP contribution is -2.52. The molecule has 2 atom stereocenters. The minimum Gasteiger partial charge on any atom is -0.114 e. The Morgan fingerprint density at radius 3 is 1.85 bits per heavy atom. The summed E-state index contributed by atoms with van der Waals surface area (Å²) in [5.41, 5.74) is 0. The highest BCUT2D eigenvalue weighted by Gasteiger charge is 2.75. The van der Waals surface area contributed by atoms with E-state index in [1.54, 1.807) is 0 Å². The molecule has 2 saturated carbocycles. The molecule has 13 heavy (non-hydrogen) atoms. The van der Waals surface area contributed by atoms with E-state index in [1.807, 2.05) is 0 Å². The zero-order valence-electron chi connectivity index (χ0n) is 6.26. The molecule has 0 aliphatic heterocycles. The number of rotatable bonds is 0. The van der Waals surface area contributed by atoms with Gasteiger partial charge in [-0.1, -0.05) is 46.4 Å². The Morgan fingerprint density at radius 2 is 1.54 bits per heavy atom. The van der Waals surface area contributed by atoms with Crippen LogP contribution in [0.1, 0.15) is 12.8 Å². The van der Waals surface area contributed by atoms with Crippen LogP contribution in [-0.4, -0.2) is 13.5 Å². The van der Waals surface area contributed by atoms with Crippen LogP contribution in [0.15, 0.2) is 0 Å². The van der Waals surface area contributed by atoms with Crippen molar-refractivity contribution in [3.05, 3.63) is 5.38 Å². The van der Waals surface area contributed by atoms with E-state index in [1.165, 1.54) is 0 Å². The first-order valence-electron chi connectivity index (χ1n) is 3.70. The van der Waals surface area contributed by atoms with E-state index in [4.69, 9.17) is 69.6 Å². The predicted octanol–water partition coefficient (Wildman–Crippen LogP) is 4.51. The second-order valence-corrected chi connectivity index (χ2v) is 7.40. The molecule has 0 aromatic heterocycles. The lowest BCUT2D eigenvalue weighted by molar-refractivity contribution is 0.515. The Hall–Kier alpha value is 1.74. The van der Waals surface area contributed by atoms with Crippen LogP contribution >= 0.6 is 69.6 Å². The minimum absolute atomic E-state index is 0.0177. The monoisotopic (exact) mass is 299 g/mol. The maximum atomic E-state index is 6.24. The summed E-state index contributed by atoms with van der Waals surface area (Å²) in [4.78, 5) is -1.06. The van der Waals surface area contributed by atoms with Crippen molar-refractivity contribution in [2.45, 2.75) is 26.4 Å². The van der Waals surface area contributed by atoms with E-state index in [0.29, 0.717) is 18.2 Å². The predicted molar refractivity (Wildman–Crippen MR) is 59.3 cm³/mol. The zero-order valence-corrected chi connectivity index (χ0v) is 10.8. The van der Waals surface area contributed by atoms with Crippen LogP contribution in [0.5, 0.6) is 0 Å². The Morgan fingerprint density at radius 1 is 1.00 bits per heavy atom. The lowest BCUT2D eigenvalue weighted by atomic mass is 9.97. The van der Waals surface area contributed by atoms with Crippen LogP contribution < -0.4 is 0 Å². The normalized spacial score (nSPS) is 47.1. The van der Waals surface area contributed by atoms with Gasteiger partial charge in [0.2, 0.25) is 0 Å². The van der Waals surface area contributed by atoms with Crippen LogP contribution in [-0.2, 0) is 0 Å². The Kier molecular flexibility index (Phi) is 2.50. The molecule has 2 bridgehead atoms. The highest BCUT2D eigenvalue weighted by atomic mass is 35.5. The SMILES string of the molecule is Cl[C]1C2CC(Cl)(Cl)C(Cl)(C2)C1(Cl)Cl. The molecule has 0 aromatic carbocycles. The smallest absolute Gasteiger partial charge is 0.114 e. The Balaban J connectivity index is 2.47. The van der Waals surface area contributed by atoms with Crippen molar-refractivity contribution in [1.29, 1.82) is 0 Å². The van der Waals surface area contributed by atoms with Crippen LogP contribution in [0.25, 0.3) is 0 Å². The number of hydrogen-bond acceptors (Lipinski definition) is 0. The molecule has 6 heteroatoms. The third-order valence-corrected chi connectivity index (χ3v) is 6.71. The van der Waals surface area contributed by atoms with Crippen LogP contribution in [0, 0.1) is 11.3 Å². The third kappa shape index (κ3) is 1.20. The van der Waals surface area contributed by atoms with Crippen molar-refractivity contribution in [2.75, 3.05) is 0 Å². The van der Waals surface area contributed by atoms with Gasteiger partial charge in [0.15, 0.2) is 4.33 Å². The van der Waals surface area contributed by atoms with Crippen molar-refractivity contribution in [3.8, 4) is 0 Å². The summed E-state index contributed by atoms with van der Waals surface area (Å²) in [6.45, 7) is 0. The molecule has 0 aromatic rings. The highest BCUT2D eigenvalue weighted by Crippen LogP contribution is 2.73. The van der Waals surface area contributed by atoms with Crippen molar-refractivity contribution >= 4 is 69.6 Å². The number of hydrogen-bond donors (Lipinski definition) is 0. The summed E-state index contributed by atoms with van der Waals surface area (Å²) >= 11 is 36.4. The molecule has 2 fully saturated rings. The molecular weight excluding hydrogens is 297 g/mol. The van der Waals surface area contributed by atoms with Gasteiger partial charge in [-0.25, -0.2) is 0 Å². The summed E-state index contributed by atoms with van der Waals surface area (Å²) in [5.74, 6) is 0.0177. The summed E-state index contributed by atoms with van der Waals surface area (Å²) in [5, 5.41) is 0.461. The van der Waals surface area contributed by atoms with Crippen molar-refractivity contribution in [2.24, 2.45) is 5.92 Å². The zero-order chi connectivity index (χ0) is 10.1. The molecule has 2 aliphatic carbocycles. The molecule has 0 heterocycles. The molecule has 0 N–H and O–H groups in total. The van der Waals surface area contributed by atoms with Gasteiger partial charge in [-0.2, -0.15) is 0 Å². The van der Waals surface area contributed by atoms with E-state index >= 15 is 0 Å². The molecule has 0 spiro atoms. The summed E-state index contributed by atoms with van der Waals surface area (Å²) in [6.07, 6.45) is 1.05. The fourth-order valence-electron chi connectivity index (χ4n) is 2.01. The molecule has 1 radical (unpaired) electrons. The first-order valence-corrected chi connectivity index (χ1v) is 5.96. The minimum atomic E-state index is -1.33. The second kappa shape index (κ2) is 2.90. The molecule has 0 nitrogen and oxygen atoms in total. The van der Waals surface area contributed by atoms with E-state index in [2.05, 4.69) is 0 Å². The molecule has 75 valence electrons. The van der Waals surface area contributed by atoms with Crippen LogP contribution in [0.2, 0.25) is 0 Å². The first-order chi connectivity index (χ1) is 5.72. The van der Waals surface area contributed by atoms with Crippen LogP contribution in [0.4, 0.5) is 0 Å². The Bertz CT molecular complexity index is 249. The highest BCUT2D eigenvalue weighted by molar-refractivity contribution is 6.64. The van der Waals surface area contributed by atoms with E-state index in [9.17, 15) is 0 Å². The number of fused-ring (bicyclic) bond motifs is 2. The van der Waals surface area contributed by atoms with Gasteiger partial charge in [0, 0.05) is 0 Å². The first kappa shape index (κ1) is 11.2. The summed E-state index contributed by atoms with van der Waals surface area (Å²) in [7, 11) is 0. The van der Waals surface area contributed by atoms with Gasteiger partial charge in [0.1, 0.15) is 14.6 Å². The Labute approximate surface area is 107 Å². The van der Waals surface area contributed by atoms with Gasteiger partial charge < -0.3 is 0 Å². The van der Waals surface area contributed by atoms with Gasteiger partial charge in [0.25, 0.3) is 0 Å². The van der Waals surface area contributed by atoms with E-state index < -0.39 is 13.5 Å². The molecular formula is C7H5Cl6. The molecule has 2 aliphatic rings. The van der Waals surface area contributed by atoms with E-state index in [-0.39, 0.29) is 5.92 Å².